The molecule has 2 heterocycles. The predicted octanol–water partition coefficient (Wildman–Crippen LogP) is 2.97. The van der Waals surface area contributed by atoms with E-state index in [0.29, 0.717) is 23.2 Å². The van der Waals surface area contributed by atoms with Crippen molar-refractivity contribution >= 4 is 43.5 Å². The molecule has 1 fully saturated rings. The summed E-state index contributed by atoms with van der Waals surface area (Å²) in [7, 11) is -2.60. The number of anilines is 1. The van der Waals surface area contributed by atoms with Gasteiger partial charge >= 0.3 is 0 Å². The maximum atomic E-state index is 12.8. The Morgan fingerprint density at radius 3 is 2.57 bits per heavy atom. The van der Waals surface area contributed by atoms with Crippen LogP contribution < -0.4 is 5.32 Å². The van der Waals surface area contributed by atoms with Crippen LogP contribution in [0.3, 0.4) is 0 Å². The number of amides is 2. The second-order valence-electron chi connectivity index (χ2n) is 7.39. The summed E-state index contributed by atoms with van der Waals surface area (Å²) in [5.41, 5.74) is 1.83. The highest BCUT2D eigenvalue weighted by Gasteiger charge is 2.27. The summed E-state index contributed by atoms with van der Waals surface area (Å²) in [6, 6.07) is 6.78. The molecule has 0 atom stereocenters. The smallest absolute Gasteiger partial charge is 0.270 e. The number of aromatic nitrogens is 1. The number of likely N-dealkylation sites (N-methyl/N-ethyl adjacent to an activating group) is 1. The average Bonchev–Trinajstić information content (AvgIpc) is 3.21. The lowest BCUT2D eigenvalue weighted by Gasteiger charge is -2.26. The molecule has 1 aliphatic heterocycles. The Kier molecular flexibility index (Phi) is 6.99. The van der Waals surface area contributed by atoms with Crippen LogP contribution in [0.15, 0.2) is 39.8 Å². The number of piperidine rings is 1. The van der Waals surface area contributed by atoms with Crippen LogP contribution in [0.25, 0.3) is 0 Å². The van der Waals surface area contributed by atoms with Crippen LogP contribution in [-0.2, 0) is 14.8 Å². The number of benzene rings is 1. The van der Waals surface area contributed by atoms with Gasteiger partial charge < -0.3 is 15.2 Å². The van der Waals surface area contributed by atoms with E-state index < -0.39 is 15.9 Å². The molecule has 162 valence electrons. The van der Waals surface area contributed by atoms with Gasteiger partial charge in [-0.25, -0.2) is 8.42 Å². The van der Waals surface area contributed by atoms with Gasteiger partial charge in [-0.3, -0.25) is 9.59 Å². The molecule has 0 radical (unpaired) electrons. The second-order valence-corrected chi connectivity index (χ2v) is 10.3. The van der Waals surface area contributed by atoms with Crippen molar-refractivity contribution in [2.24, 2.45) is 0 Å². The van der Waals surface area contributed by atoms with Crippen LogP contribution in [0, 0.1) is 6.92 Å². The zero-order chi connectivity index (χ0) is 21.9. The highest BCUT2D eigenvalue weighted by Crippen LogP contribution is 2.24. The molecule has 30 heavy (non-hydrogen) atoms. The van der Waals surface area contributed by atoms with Crippen LogP contribution in [0.4, 0.5) is 5.69 Å². The zero-order valence-electron chi connectivity index (χ0n) is 16.9. The van der Waals surface area contributed by atoms with Crippen molar-refractivity contribution in [1.29, 1.82) is 0 Å². The van der Waals surface area contributed by atoms with E-state index in [1.807, 2.05) is 19.1 Å². The Balaban J connectivity index is 1.66. The Morgan fingerprint density at radius 2 is 1.90 bits per heavy atom. The summed E-state index contributed by atoms with van der Waals surface area (Å²) in [6.45, 7) is 2.92. The number of aryl methyl sites for hydroxylation is 1. The first-order valence-electron chi connectivity index (χ1n) is 9.68. The first kappa shape index (κ1) is 22.5. The third-order valence-electron chi connectivity index (χ3n) is 5.00. The van der Waals surface area contributed by atoms with Crippen LogP contribution in [0.1, 0.15) is 35.3 Å². The lowest BCUT2D eigenvalue weighted by Crippen LogP contribution is -2.36. The summed E-state index contributed by atoms with van der Waals surface area (Å²) in [5, 5.41) is 2.70. The lowest BCUT2D eigenvalue weighted by atomic mass is 10.1. The van der Waals surface area contributed by atoms with E-state index in [9.17, 15) is 18.0 Å². The molecule has 1 saturated heterocycles. The van der Waals surface area contributed by atoms with Crippen LogP contribution in [0.5, 0.6) is 0 Å². The van der Waals surface area contributed by atoms with Crippen LogP contribution in [0.2, 0.25) is 0 Å². The first-order chi connectivity index (χ1) is 14.2. The molecule has 0 spiro atoms. The number of nitrogens with one attached hydrogen (secondary N) is 2. The topological polar surface area (TPSA) is 103 Å². The third-order valence-corrected chi connectivity index (χ3v) is 7.44. The van der Waals surface area contributed by atoms with Gasteiger partial charge in [-0.05, 0) is 65.9 Å². The number of carbonyl (C=O) groups is 2. The van der Waals surface area contributed by atoms with E-state index in [1.165, 1.54) is 19.3 Å². The van der Waals surface area contributed by atoms with Crippen LogP contribution >= 0.6 is 15.9 Å². The minimum atomic E-state index is -3.93. The molecule has 10 heteroatoms. The molecule has 0 unspecified atom stereocenters. The molecule has 0 bridgehead atoms. The fourth-order valence-corrected chi connectivity index (χ4v) is 5.01. The number of hydrogen-bond donors (Lipinski definition) is 2. The molecular weight excluding hydrogens is 472 g/mol. The number of rotatable bonds is 6. The number of aromatic amines is 1. The molecule has 1 aliphatic rings. The van der Waals surface area contributed by atoms with Crippen molar-refractivity contribution in [2.75, 3.05) is 32.0 Å². The van der Waals surface area contributed by atoms with Crippen molar-refractivity contribution in [3.63, 3.8) is 0 Å². The highest BCUT2D eigenvalue weighted by molar-refractivity contribution is 9.10. The fourth-order valence-electron chi connectivity index (χ4n) is 3.29. The second kappa shape index (κ2) is 9.32. The molecule has 2 N–H and O–H groups in total. The molecule has 2 amide bonds. The van der Waals surface area contributed by atoms with Crippen molar-refractivity contribution in [1.82, 2.24) is 14.2 Å². The third kappa shape index (κ3) is 5.11. The largest absolute Gasteiger partial charge is 0.356 e. The minimum Gasteiger partial charge on any atom is -0.356 e. The number of carbonyl (C=O) groups excluding carboxylic acids is 2. The number of nitrogens with zero attached hydrogens (tertiary/aromatic N) is 2. The van der Waals surface area contributed by atoms with E-state index in [0.717, 1.165) is 29.1 Å². The molecule has 3 rings (SSSR count). The first-order valence-corrected chi connectivity index (χ1v) is 11.9. The summed E-state index contributed by atoms with van der Waals surface area (Å²) >= 11 is 3.38. The van der Waals surface area contributed by atoms with Gasteiger partial charge in [0.15, 0.2) is 0 Å². The molecule has 2 aromatic rings. The molecule has 0 aliphatic carbocycles. The fraction of sp³-hybridized carbons (Fsp3) is 0.400. The Bertz CT molecular complexity index is 1040. The van der Waals surface area contributed by atoms with E-state index in [4.69, 9.17) is 0 Å². The maximum absolute atomic E-state index is 12.8. The number of sulfonamides is 1. The summed E-state index contributed by atoms with van der Waals surface area (Å²) in [5.74, 6) is -0.674. The number of likely N-dealkylation sites (tertiary alicyclic amines) is 1. The lowest BCUT2D eigenvalue weighted by molar-refractivity contribution is -0.116. The van der Waals surface area contributed by atoms with Gasteiger partial charge in [-0.1, -0.05) is 6.07 Å². The predicted molar refractivity (Wildman–Crippen MR) is 118 cm³/mol. The normalized spacial score (nSPS) is 14.7. The van der Waals surface area contributed by atoms with Crippen molar-refractivity contribution in [2.45, 2.75) is 31.1 Å². The standard InChI is InChI=1S/C20H25BrN4O4S/c1-14-6-7-17(16(21)10-14)23-19(26)13-24(2)30(28,29)15-11-18(22-12-15)20(27)25-8-4-3-5-9-25/h6-7,10-12,22H,3-5,8-9,13H2,1-2H3,(H,23,26). The number of hydrogen-bond acceptors (Lipinski definition) is 4. The van der Waals surface area contributed by atoms with Gasteiger partial charge in [0.2, 0.25) is 15.9 Å². The van der Waals surface area contributed by atoms with E-state index in [-0.39, 0.29) is 23.0 Å². The SMILES string of the molecule is Cc1ccc(NC(=O)CN(C)S(=O)(=O)c2c[nH]c(C(=O)N3CCCCC3)c2)c(Br)c1. The zero-order valence-corrected chi connectivity index (χ0v) is 19.3. The van der Waals surface area contributed by atoms with Gasteiger partial charge in [0.05, 0.1) is 12.2 Å². The number of halogens is 1. The van der Waals surface area contributed by atoms with Crippen molar-refractivity contribution in [3.05, 3.63) is 46.2 Å². The van der Waals surface area contributed by atoms with Gasteiger partial charge in [-0.2, -0.15) is 4.31 Å². The molecule has 1 aromatic carbocycles. The van der Waals surface area contributed by atoms with E-state index in [2.05, 4.69) is 26.2 Å². The Hall–Kier alpha value is -2.17. The van der Waals surface area contributed by atoms with Crippen molar-refractivity contribution < 1.29 is 18.0 Å². The summed E-state index contributed by atoms with van der Waals surface area (Å²) < 4.78 is 27.3. The van der Waals surface area contributed by atoms with Crippen LogP contribution in [-0.4, -0.2) is 61.1 Å². The monoisotopic (exact) mass is 496 g/mol. The molecule has 8 nitrogen and oxygen atoms in total. The molecule has 1 aromatic heterocycles. The van der Waals surface area contributed by atoms with E-state index >= 15 is 0 Å². The van der Waals surface area contributed by atoms with Gasteiger partial charge in [-0.15, -0.1) is 0 Å². The van der Waals surface area contributed by atoms with E-state index in [1.54, 1.807) is 11.0 Å². The maximum Gasteiger partial charge on any atom is 0.270 e. The van der Waals surface area contributed by atoms with Gasteiger partial charge in [0.1, 0.15) is 10.6 Å². The summed E-state index contributed by atoms with van der Waals surface area (Å²) in [6.07, 6.45) is 4.29. The summed E-state index contributed by atoms with van der Waals surface area (Å²) in [4.78, 5) is 29.4. The van der Waals surface area contributed by atoms with Gasteiger partial charge in [0.25, 0.3) is 5.91 Å². The molecular formula is C20H25BrN4O4S. The minimum absolute atomic E-state index is 0.0466. The number of H-pyrrole nitrogens is 1. The average molecular weight is 497 g/mol. The highest BCUT2D eigenvalue weighted by atomic mass is 79.9. The Morgan fingerprint density at radius 1 is 1.20 bits per heavy atom. The Labute approximate surface area is 184 Å². The molecule has 0 saturated carbocycles. The van der Waals surface area contributed by atoms with Crippen molar-refractivity contribution in [3.8, 4) is 0 Å². The quantitative estimate of drug-likeness (QED) is 0.641. The van der Waals surface area contributed by atoms with Gasteiger partial charge in [0, 0.05) is 30.8 Å².